The lowest BCUT2D eigenvalue weighted by atomic mass is 10.1. The zero-order valence-corrected chi connectivity index (χ0v) is 10.0. The normalized spacial score (nSPS) is 19.8. The average Bonchev–Trinajstić information content (AvgIpc) is 2.83. The lowest BCUT2D eigenvalue weighted by molar-refractivity contribution is -0.145. The Labute approximate surface area is 98.5 Å². The molecule has 0 aliphatic carbocycles. The van der Waals surface area contributed by atoms with Crippen LogP contribution < -0.4 is 4.90 Å². The second-order valence-corrected chi connectivity index (χ2v) is 4.13. The van der Waals surface area contributed by atoms with Gasteiger partial charge in [0.15, 0.2) is 0 Å². The Morgan fingerprint density at radius 2 is 2.24 bits per heavy atom. The van der Waals surface area contributed by atoms with Crippen LogP contribution >= 0.6 is 0 Å². The van der Waals surface area contributed by atoms with Crippen LogP contribution in [0.2, 0.25) is 0 Å². The molecule has 1 atom stereocenters. The van der Waals surface area contributed by atoms with Gasteiger partial charge in [0.1, 0.15) is 0 Å². The zero-order valence-electron chi connectivity index (χ0n) is 10.0. The molecule has 1 unspecified atom stereocenters. The molecule has 0 saturated carbocycles. The summed E-state index contributed by atoms with van der Waals surface area (Å²) in [6, 6.07) is 0. The van der Waals surface area contributed by atoms with Crippen molar-refractivity contribution in [2.75, 3.05) is 18.6 Å². The Morgan fingerprint density at radius 1 is 1.53 bits per heavy atom. The molecule has 92 valence electrons. The van der Waals surface area contributed by atoms with Gasteiger partial charge in [0.2, 0.25) is 11.8 Å². The molecule has 1 saturated heterocycles. The van der Waals surface area contributed by atoms with Crippen LogP contribution in [0.4, 0.5) is 5.88 Å². The van der Waals surface area contributed by atoms with Gasteiger partial charge < -0.3 is 9.26 Å². The SMILES string of the molecule is COC(=O)C1CC(=O)N(c2onc(C)c2C)C1. The second kappa shape index (κ2) is 4.20. The number of esters is 1. The minimum absolute atomic E-state index is 0.139. The Hall–Kier alpha value is -1.85. The maximum atomic E-state index is 11.8. The van der Waals surface area contributed by atoms with Crippen molar-refractivity contribution in [1.82, 2.24) is 5.16 Å². The third-order valence-electron chi connectivity index (χ3n) is 3.04. The molecule has 0 N–H and O–H groups in total. The number of hydrogen-bond donors (Lipinski definition) is 0. The molecule has 2 heterocycles. The summed E-state index contributed by atoms with van der Waals surface area (Å²) < 4.78 is 9.75. The highest BCUT2D eigenvalue weighted by molar-refractivity contribution is 5.98. The summed E-state index contributed by atoms with van der Waals surface area (Å²) in [5.41, 5.74) is 1.57. The number of anilines is 1. The van der Waals surface area contributed by atoms with Gasteiger partial charge in [-0.25, -0.2) is 0 Å². The second-order valence-electron chi connectivity index (χ2n) is 4.13. The maximum absolute atomic E-state index is 11.8. The Bertz CT molecular complexity index is 466. The van der Waals surface area contributed by atoms with Gasteiger partial charge in [0.05, 0.1) is 18.7 Å². The summed E-state index contributed by atoms with van der Waals surface area (Å²) in [6.45, 7) is 3.93. The molecule has 0 aromatic carbocycles. The van der Waals surface area contributed by atoms with Crippen LogP contribution in [-0.4, -0.2) is 30.7 Å². The van der Waals surface area contributed by atoms with E-state index in [9.17, 15) is 9.59 Å². The van der Waals surface area contributed by atoms with Crippen LogP contribution in [0.1, 0.15) is 17.7 Å². The van der Waals surface area contributed by atoms with Gasteiger partial charge in [0.25, 0.3) is 0 Å². The minimum Gasteiger partial charge on any atom is -0.469 e. The number of methoxy groups -OCH3 is 1. The number of hydrogen-bond acceptors (Lipinski definition) is 5. The molecule has 2 rings (SSSR count). The summed E-state index contributed by atoms with van der Waals surface area (Å²) in [4.78, 5) is 24.6. The third-order valence-corrected chi connectivity index (χ3v) is 3.04. The smallest absolute Gasteiger partial charge is 0.311 e. The fourth-order valence-corrected chi connectivity index (χ4v) is 1.88. The predicted octanol–water partition coefficient (Wildman–Crippen LogP) is 0.817. The largest absolute Gasteiger partial charge is 0.469 e. The van der Waals surface area contributed by atoms with E-state index in [1.54, 1.807) is 6.92 Å². The van der Waals surface area contributed by atoms with Crippen molar-refractivity contribution in [2.24, 2.45) is 5.92 Å². The van der Waals surface area contributed by atoms with Gasteiger partial charge in [-0.1, -0.05) is 5.16 Å². The predicted molar refractivity (Wildman–Crippen MR) is 58.5 cm³/mol. The first-order chi connectivity index (χ1) is 8.04. The monoisotopic (exact) mass is 238 g/mol. The van der Waals surface area contributed by atoms with Crippen molar-refractivity contribution in [3.8, 4) is 0 Å². The molecule has 17 heavy (non-hydrogen) atoms. The van der Waals surface area contributed by atoms with Crippen molar-refractivity contribution >= 4 is 17.8 Å². The molecule has 0 bridgehead atoms. The highest BCUT2D eigenvalue weighted by Gasteiger charge is 2.38. The van der Waals surface area contributed by atoms with E-state index in [0.717, 1.165) is 11.3 Å². The van der Waals surface area contributed by atoms with Gasteiger partial charge in [-0.2, -0.15) is 0 Å². The van der Waals surface area contributed by atoms with E-state index in [0.29, 0.717) is 12.4 Å². The molecule has 1 fully saturated rings. The summed E-state index contributed by atoms with van der Waals surface area (Å²) in [5, 5.41) is 3.80. The zero-order chi connectivity index (χ0) is 12.6. The number of nitrogens with zero attached hydrogens (tertiary/aromatic N) is 2. The highest BCUT2D eigenvalue weighted by atomic mass is 16.5. The van der Waals surface area contributed by atoms with E-state index in [4.69, 9.17) is 4.52 Å². The fraction of sp³-hybridized carbons (Fsp3) is 0.545. The number of rotatable bonds is 2. The summed E-state index contributed by atoms with van der Waals surface area (Å²) >= 11 is 0. The van der Waals surface area contributed by atoms with Crippen LogP contribution in [0.15, 0.2) is 4.52 Å². The van der Waals surface area contributed by atoms with Crippen molar-refractivity contribution in [1.29, 1.82) is 0 Å². The molecule has 1 aliphatic rings. The van der Waals surface area contributed by atoms with Gasteiger partial charge in [-0.05, 0) is 13.8 Å². The van der Waals surface area contributed by atoms with Gasteiger partial charge in [-0.15, -0.1) is 0 Å². The van der Waals surface area contributed by atoms with Crippen molar-refractivity contribution in [2.45, 2.75) is 20.3 Å². The molecule has 1 aromatic rings. The Morgan fingerprint density at radius 3 is 2.76 bits per heavy atom. The first-order valence-electron chi connectivity index (χ1n) is 5.35. The van der Waals surface area contributed by atoms with Gasteiger partial charge in [0, 0.05) is 18.5 Å². The fourth-order valence-electron chi connectivity index (χ4n) is 1.88. The van der Waals surface area contributed by atoms with Crippen molar-refractivity contribution in [3.05, 3.63) is 11.3 Å². The minimum atomic E-state index is -0.419. The number of carbonyl (C=O) groups excluding carboxylic acids is 2. The summed E-state index contributed by atoms with van der Waals surface area (Å²) in [6.07, 6.45) is 0.159. The van der Waals surface area contributed by atoms with Crippen molar-refractivity contribution in [3.63, 3.8) is 0 Å². The van der Waals surface area contributed by atoms with E-state index < -0.39 is 5.92 Å². The molecule has 0 spiro atoms. The number of aromatic nitrogens is 1. The number of amides is 1. The molecule has 6 nitrogen and oxygen atoms in total. The van der Waals surface area contributed by atoms with E-state index in [1.807, 2.05) is 6.92 Å². The van der Waals surface area contributed by atoms with E-state index >= 15 is 0 Å². The standard InChI is InChI=1S/C11H14N2O4/c1-6-7(2)12-17-10(6)13-5-8(4-9(13)14)11(15)16-3/h8H,4-5H2,1-3H3. The highest BCUT2D eigenvalue weighted by Crippen LogP contribution is 2.29. The first kappa shape index (κ1) is 11.6. The van der Waals surface area contributed by atoms with Crippen LogP contribution in [0.5, 0.6) is 0 Å². The van der Waals surface area contributed by atoms with Crippen LogP contribution in [-0.2, 0) is 14.3 Å². The molecular formula is C11H14N2O4. The van der Waals surface area contributed by atoms with Gasteiger partial charge in [-0.3, -0.25) is 14.5 Å². The van der Waals surface area contributed by atoms with Crippen LogP contribution in [0, 0.1) is 19.8 Å². The maximum Gasteiger partial charge on any atom is 0.311 e. The first-order valence-corrected chi connectivity index (χ1v) is 5.35. The quantitative estimate of drug-likeness (QED) is 0.713. The lowest BCUT2D eigenvalue weighted by Crippen LogP contribution is -2.26. The van der Waals surface area contributed by atoms with E-state index in [-0.39, 0.29) is 18.3 Å². The van der Waals surface area contributed by atoms with E-state index in [2.05, 4.69) is 9.89 Å². The molecule has 1 aliphatic heterocycles. The molecule has 1 amide bonds. The van der Waals surface area contributed by atoms with E-state index in [1.165, 1.54) is 12.0 Å². The molecule has 0 radical (unpaired) electrons. The molecular weight excluding hydrogens is 224 g/mol. The molecule has 1 aromatic heterocycles. The Kier molecular flexibility index (Phi) is 2.87. The topological polar surface area (TPSA) is 72.6 Å². The van der Waals surface area contributed by atoms with Crippen LogP contribution in [0.3, 0.4) is 0 Å². The number of carbonyl (C=O) groups is 2. The number of ether oxygens (including phenoxy) is 1. The lowest BCUT2D eigenvalue weighted by Gasteiger charge is -2.12. The van der Waals surface area contributed by atoms with Gasteiger partial charge >= 0.3 is 5.97 Å². The van der Waals surface area contributed by atoms with Crippen molar-refractivity contribution < 1.29 is 18.8 Å². The number of aryl methyl sites for hydroxylation is 1. The van der Waals surface area contributed by atoms with Crippen LogP contribution in [0.25, 0.3) is 0 Å². The Balaban J connectivity index is 2.21. The molecule has 6 heteroatoms. The average molecular weight is 238 g/mol. The summed E-state index contributed by atoms with van der Waals surface area (Å²) in [7, 11) is 1.32. The summed E-state index contributed by atoms with van der Waals surface area (Å²) in [5.74, 6) is -0.495. The third kappa shape index (κ3) is 1.90.